The smallest absolute Gasteiger partial charge is 0.320 e. The van der Waals surface area contributed by atoms with Gasteiger partial charge in [0.2, 0.25) is 0 Å². The molecule has 2 aromatic rings. The van der Waals surface area contributed by atoms with E-state index in [0.29, 0.717) is 12.8 Å². The van der Waals surface area contributed by atoms with Crippen LogP contribution in [0, 0.1) is 5.92 Å². The normalized spacial score (nSPS) is 13.7. The number of ether oxygens (including phenoxy) is 1. The van der Waals surface area contributed by atoms with Crippen molar-refractivity contribution in [3.05, 3.63) is 59.7 Å². The van der Waals surface area contributed by atoms with Gasteiger partial charge < -0.3 is 26.7 Å². The number of carbonyl (C=O) groups excluding carboxylic acids is 1. The molecule has 1 atom stereocenters. The summed E-state index contributed by atoms with van der Waals surface area (Å²) in [7, 11) is 6.29. The molecule has 0 saturated heterocycles. The third-order valence-electron chi connectivity index (χ3n) is 5.51. The Kier molecular flexibility index (Phi) is 8.04. The Morgan fingerprint density at radius 1 is 0.967 bits per heavy atom. The number of benzene rings is 2. The van der Waals surface area contributed by atoms with E-state index in [1.807, 2.05) is 36.4 Å². The number of nitrogens with zero attached hydrogens (tertiary/aromatic N) is 1. The van der Waals surface area contributed by atoms with E-state index < -0.39 is 17.9 Å². The molecular weight excluding hydrogens is 402 g/mol. The van der Waals surface area contributed by atoms with Crippen molar-refractivity contribution in [3.8, 4) is 11.1 Å². The number of esters is 1. The average Bonchev–Trinajstić information content (AvgIpc) is 2.99. The number of fused-ring (bicyclic) bond motifs is 3. The van der Waals surface area contributed by atoms with Gasteiger partial charge in [0, 0.05) is 5.92 Å². The molecule has 1 aliphatic carbocycles. The molecule has 0 heterocycles. The van der Waals surface area contributed by atoms with Gasteiger partial charge in [-0.25, -0.2) is 0 Å². The summed E-state index contributed by atoms with van der Waals surface area (Å²) in [5.41, 5.74) is 4.55. The van der Waals surface area contributed by atoms with Crippen LogP contribution in [0.15, 0.2) is 48.5 Å². The lowest BCUT2D eigenvalue weighted by Crippen LogP contribution is -3.00. The third-order valence-corrected chi connectivity index (χ3v) is 5.51. The summed E-state index contributed by atoms with van der Waals surface area (Å²) in [4.78, 5) is 24.2. The van der Waals surface area contributed by atoms with Crippen molar-refractivity contribution >= 4 is 11.9 Å². The summed E-state index contributed by atoms with van der Waals surface area (Å²) in [6.07, 6.45) is 1.88. The highest BCUT2D eigenvalue weighted by Crippen LogP contribution is 2.44. The highest BCUT2D eigenvalue weighted by molar-refractivity contribution is 5.94. The van der Waals surface area contributed by atoms with E-state index in [1.165, 1.54) is 0 Å². The van der Waals surface area contributed by atoms with Crippen molar-refractivity contribution in [2.45, 2.75) is 25.2 Å². The molecule has 0 radical (unpaired) electrons. The Labute approximate surface area is 184 Å². The molecule has 1 aliphatic rings. The van der Waals surface area contributed by atoms with E-state index in [0.717, 1.165) is 39.7 Å². The molecule has 6 heteroatoms. The second-order valence-electron chi connectivity index (χ2n) is 8.76. The van der Waals surface area contributed by atoms with Crippen LogP contribution in [0.3, 0.4) is 0 Å². The van der Waals surface area contributed by atoms with E-state index >= 15 is 0 Å². The summed E-state index contributed by atoms with van der Waals surface area (Å²) < 4.78 is 6.36. The van der Waals surface area contributed by atoms with Gasteiger partial charge >= 0.3 is 11.9 Å². The minimum Gasteiger partial charge on any atom is -1.00 e. The van der Waals surface area contributed by atoms with Crippen LogP contribution in [0.1, 0.15) is 36.3 Å². The van der Waals surface area contributed by atoms with Crippen molar-refractivity contribution in [2.24, 2.45) is 5.92 Å². The Morgan fingerprint density at radius 3 is 2.00 bits per heavy atom. The van der Waals surface area contributed by atoms with E-state index in [2.05, 4.69) is 33.3 Å². The first-order chi connectivity index (χ1) is 13.8. The molecule has 0 saturated carbocycles. The first-order valence-electron chi connectivity index (χ1n) is 10.2. The number of hydrogen-bond acceptors (Lipinski definition) is 3. The Bertz CT molecular complexity index is 845. The fraction of sp³-hybridized carbons (Fsp3) is 0.417. The second kappa shape index (κ2) is 10.1. The molecule has 0 fully saturated rings. The summed E-state index contributed by atoms with van der Waals surface area (Å²) >= 11 is 0. The van der Waals surface area contributed by atoms with Gasteiger partial charge in [0.25, 0.3) is 0 Å². The molecule has 1 N–H and O–H groups in total. The second-order valence-corrected chi connectivity index (χ2v) is 8.76. The number of hydrogen-bond donors (Lipinski definition) is 1. The summed E-state index contributed by atoms with van der Waals surface area (Å²) in [6, 6.07) is 16.2. The van der Waals surface area contributed by atoms with Gasteiger partial charge in [0.1, 0.15) is 6.61 Å². The van der Waals surface area contributed by atoms with Crippen LogP contribution >= 0.6 is 0 Å². The van der Waals surface area contributed by atoms with Crippen molar-refractivity contribution in [1.82, 2.24) is 0 Å². The zero-order chi connectivity index (χ0) is 21.0. The van der Waals surface area contributed by atoms with Crippen molar-refractivity contribution < 1.29 is 36.3 Å². The number of carboxylic acid groups (broad SMARTS) is 1. The SMILES string of the molecule is C[N+](C)(C)CCCC[C@@H](C(=O)O)C(=O)OCC1c2ccccc2-c2ccccc21.[Cl-]. The minimum absolute atomic E-state index is 0. The fourth-order valence-electron chi connectivity index (χ4n) is 3.98. The topological polar surface area (TPSA) is 63.6 Å². The molecule has 2 aromatic carbocycles. The van der Waals surface area contributed by atoms with Crippen LogP contribution in [0.4, 0.5) is 0 Å². The Balaban J connectivity index is 0.00000320. The molecule has 0 aliphatic heterocycles. The number of halogens is 1. The zero-order valence-electron chi connectivity index (χ0n) is 17.8. The average molecular weight is 432 g/mol. The number of quaternary nitrogens is 1. The predicted octanol–water partition coefficient (Wildman–Crippen LogP) is 0.923. The quantitative estimate of drug-likeness (QED) is 0.277. The number of carbonyl (C=O) groups is 2. The predicted molar refractivity (Wildman–Crippen MR) is 113 cm³/mol. The molecular formula is C24H30ClNO4. The number of aliphatic carboxylic acids is 1. The standard InChI is InChI=1S/C24H29NO4.ClH/c1-25(2,3)15-9-8-14-21(23(26)27)24(28)29-16-22-19-12-6-4-10-17(19)18-11-5-7-13-20(18)22;/h4-7,10-13,21-22H,8-9,14-16H2,1-3H3;1H/t21-;/m0./s1. The van der Waals surface area contributed by atoms with Gasteiger partial charge in [0.05, 0.1) is 27.7 Å². The maximum atomic E-state index is 12.5. The molecule has 0 spiro atoms. The lowest BCUT2D eigenvalue weighted by Gasteiger charge is -2.24. The van der Waals surface area contributed by atoms with E-state index in [4.69, 9.17) is 4.74 Å². The lowest BCUT2D eigenvalue weighted by molar-refractivity contribution is -0.870. The Morgan fingerprint density at radius 2 is 1.50 bits per heavy atom. The van der Waals surface area contributed by atoms with Crippen LogP contribution in [0.2, 0.25) is 0 Å². The largest absolute Gasteiger partial charge is 1.00 e. The molecule has 0 amide bonds. The van der Waals surface area contributed by atoms with Crippen LogP contribution in [-0.2, 0) is 14.3 Å². The van der Waals surface area contributed by atoms with Gasteiger partial charge in [-0.05, 0) is 41.5 Å². The maximum Gasteiger partial charge on any atom is 0.320 e. The van der Waals surface area contributed by atoms with Gasteiger partial charge in [0.15, 0.2) is 5.92 Å². The fourth-order valence-corrected chi connectivity index (χ4v) is 3.98. The number of carboxylic acids is 1. The summed E-state index contributed by atoms with van der Waals surface area (Å²) in [5, 5.41) is 9.51. The molecule has 0 bridgehead atoms. The zero-order valence-corrected chi connectivity index (χ0v) is 18.6. The van der Waals surface area contributed by atoms with E-state index in [9.17, 15) is 14.7 Å². The van der Waals surface area contributed by atoms with Gasteiger partial charge in [-0.2, -0.15) is 0 Å². The van der Waals surface area contributed by atoms with Crippen LogP contribution in [-0.4, -0.2) is 55.8 Å². The summed E-state index contributed by atoms with van der Waals surface area (Å²) in [6.45, 7) is 1.10. The number of unbranched alkanes of at least 4 members (excludes halogenated alkanes) is 1. The van der Waals surface area contributed by atoms with Crippen molar-refractivity contribution in [1.29, 1.82) is 0 Å². The van der Waals surface area contributed by atoms with Crippen molar-refractivity contribution in [2.75, 3.05) is 34.3 Å². The summed E-state index contributed by atoms with van der Waals surface area (Å²) in [5.74, 6) is -2.90. The van der Waals surface area contributed by atoms with E-state index in [1.54, 1.807) is 0 Å². The van der Waals surface area contributed by atoms with Crippen LogP contribution < -0.4 is 12.4 Å². The van der Waals surface area contributed by atoms with Crippen molar-refractivity contribution in [3.63, 3.8) is 0 Å². The van der Waals surface area contributed by atoms with Crippen LogP contribution in [0.25, 0.3) is 11.1 Å². The van der Waals surface area contributed by atoms with Gasteiger partial charge in [-0.1, -0.05) is 48.5 Å². The Hall–Kier alpha value is -2.37. The molecule has 162 valence electrons. The molecule has 0 unspecified atom stereocenters. The molecule has 3 rings (SSSR count). The monoisotopic (exact) mass is 431 g/mol. The molecule has 0 aromatic heterocycles. The van der Waals surface area contributed by atoms with E-state index in [-0.39, 0.29) is 24.9 Å². The highest BCUT2D eigenvalue weighted by Gasteiger charge is 2.32. The minimum atomic E-state index is -1.10. The third kappa shape index (κ3) is 5.61. The highest BCUT2D eigenvalue weighted by atomic mass is 35.5. The first-order valence-corrected chi connectivity index (χ1v) is 10.2. The van der Waals surface area contributed by atoms with Gasteiger partial charge in [-0.15, -0.1) is 0 Å². The molecule has 5 nitrogen and oxygen atoms in total. The first kappa shape index (κ1) is 23.9. The van der Waals surface area contributed by atoms with Crippen LogP contribution in [0.5, 0.6) is 0 Å². The molecule has 30 heavy (non-hydrogen) atoms. The number of rotatable bonds is 9. The van der Waals surface area contributed by atoms with Gasteiger partial charge in [-0.3, -0.25) is 9.59 Å². The lowest BCUT2D eigenvalue weighted by atomic mass is 9.97. The maximum absolute atomic E-state index is 12.5.